The van der Waals surface area contributed by atoms with Gasteiger partial charge in [0.25, 0.3) is 0 Å². The minimum absolute atomic E-state index is 0.0974. The summed E-state index contributed by atoms with van der Waals surface area (Å²) in [7, 11) is 0. The van der Waals surface area contributed by atoms with Gasteiger partial charge >= 0.3 is 6.18 Å². The van der Waals surface area contributed by atoms with Gasteiger partial charge < -0.3 is 15.5 Å². The van der Waals surface area contributed by atoms with E-state index in [1.165, 1.54) is 37.1 Å². The van der Waals surface area contributed by atoms with Gasteiger partial charge in [-0.3, -0.25) is 0 Å². The van der Waals surface area contributed by atoms with Crippen molar-refractivity contribution in [1.29, 1.82) is 0 Å². The molecule has 156 valence electrons. The number of nitrogens with zero attached hydrogens (tertiary/aromatic N) is 1. The van der Waals surface area contributed by atoms with Crippen LogP contribution in [0.5, 0.6) is 0 Å². The molecule has 0 spiro atoms. The molecule has 29 heavy (non-hydrogen) atoms. The highest BCUT2D eigenvalue weighted by atomic mass is 35.5. The van der Waals surface area contributed by atoms with Gasteiger partial charge in [-0.05, 0) is 74.3 Å². The summed E-state index contributed by atoms with van der Waals surface area (Å²) in [5, 5.41) is 5.81. The number of hydrogen-bond donors (Lipinski definition) is 2. The first-order chi connectivity index (χ1) is 13.7. The van der Waals surface area contributed by atoms with Crippen molar-refractivity contribution in [2.24, 2.45) is 0 Å². The smallest absolute Gasteiger partial charge is 0.372 e. The van der Waals surface area contributed by atoms with Crippen molar-refractivity contribution in [3.05, 3.63) is 58.6 Å². The molecular formula is C21H23ClF3N3S. The number of piperidine rings is 1. The highest BCUT2D eigenvalue weighted by Gasteiger charge is 2.33. The summed E-state index contributed by atoms with van der Waals surface area (Å²) in [6.45, 7) is 4.12. The molecule has 0 saturated carbocycles. The van der Waals surface area contributed by atoms with E-state index in [1.807, 2.05) is 19.1 Å². The molecule has 0 amide bonds. The number of benzene rings is 2. The van der Waals surface area contributed by atoms with Crippen LogP contribution in [-0.4, -0.2) is 18.2 Å². The zero-order chi connectivity index (χ0) is 21.0. The third kappa shape index (κ3) is 5.76. The maximum atomic E-state index is 13.0. The molecule has 3 nitrogen and oxygen atoms in total. The molecule has 2 N–H and O–H groups in total. The van der Waals surface area contributed by atoms with E-state index in [1.54, 1.807) is 0 Å². The molecule has 8 heteroatoms. The van der Waals surface area contributed by atoms with E-state index in [9.17, 15) is 13.2 Å². The van der Waals surface area contributed by atoms with Gasteiger partial charge in [-0.1, -0.05) is 23.7 Å². The third-order valence-electron chi connectivity index (χ3n) is 4.99. The monoisotopic (exact) mass is 441 g/mol. The normalized spacial score (nSPS) is 15.7. The second-order valence-electron chi connectivity index (χ2n) is 7.15. The Morgan fingerprint density at radius 2 is 1.72 bits per heavy atom. The Morgan fingerprint density at radius 3 is 2.34 bits per heavy atom. The Morgan fingerprint density at radius 1 is 1.07 bits per heavy atom. The van der Waals surface area contributed by atoms with Crippen LogP contribution in [0.2, 0.25) is 5.02 Å². The number of halogens is 4. The Labute approximate surface area is 179 Å². The molecule has 1 aliphatic rings. The van der Waals surface area contributed by atoms with E-state index in [0.29, 0.717) is 0 Å². The Hall–Kier alpha value is -1.99. The van der Waals surface area contributed by atoms with Crippen molar-refractivity contribution in [2.75, 3.05) is 23.3 Å². The van der Waals surface area contributed by atoms with Gasteiger partial charge in [0, 0.05) is 24.5 Å². The first-order valence-corrected chi connectivity index (χ1v) is 10.3. The average molecular weight is 442 g/mol. The second-order valence-corrected chi connectivity index (χ2v) is 7.97. The molecule has 1 atom stereocenters. The molecule has 1 fully saturated rings. The van der Waals surface area contributed by atoms with Crippen molar-refractivity contribution < 1.29 is 13.2 Å². The number of anilines is 2. The summed E-state index contributed by atoms with van der Waals surface area (Å²) < 4.78 is 39.0. The summed E-state index contributed by atoms with van der Waals surface area (Å²) >= 11 is 10.9. The lowest BCUT2D eigenvalue weighted by molar-refractivity contribution is -0.137. The van der Waals surface area contributed by atoms with E-state index in [0.717, 1.165) is 24.7 Å². The highest BCUT2D eigenvalue weighted by Crippen LogP contribution is 2.36. The van der Waals surface area contributed by atoms with Crippen LogP contribution in [0.25, 0.3) is 0 Å². The summed E-state index contributed by atoms with van der Waals surface area (Å²) in [5.74, 6) is 0. The molecule has 1 heterocycles. The molecule has 2 aromatic carbocycles. The fourth-order valence-electron chi connectivity index (χ4n) is 3.39. The fourth-order valence-corrected chi connectivity index (χ4v) is 3.91. The van der Waals surface area contributed by atoms with Gasteiger partial charge in [0.1, 0.15) is 0 Å². The van der Waals surface area contributed by atoms with Crippen molar-refractivity contribution in [3.63, 3.8) is 0 Å². The van der Waals surface area contributed by atoms with Gasteiger partial charge in [0.15, 0.2) is 5.11 Å². The molecule has 0 aromatic heterocycles. The van der Waals surface area contributed by atoms with Gasteiger partial charge in [0.05, 0.1) is 16.6 Å². The lowest BCUT2D eigenvalue weighted by Crippen LogP contribution is -2.31. The van der Waals surface area contributed by atoms with Crippen LogP contribution in [0, 0.1) is 0 Å². The van der Waals surface area contributed by atoms with Crippen molar-refractivity contribution in [3.8, 4) is 0 Å². The number of rotatable bonds is 4. The molecular weight excluding hydrogens is 419 g/mol. The molecule has 2 aromatic rings. The topological polar surface area (TPSA) is 27.3 Å². The number of thiocarbonyl (C=S) groups is 1. The molecule has 1 aliphatic heterocycles. The standard InChI is InChI=1S/C21H23ClF3N3S/c1-14(15-5-8-17(9-6-15)28-11-3-2-4-12-28)26-20(29)27-16-7-10-19(22)18(13-16)21(23,24)25/h5-10,13-14H,2-4,11-12H2,1H3,(H2,26,27,29)/t14-/m0/s1. The number of hydrogen-bond acceptors (Lipinski definition) is 2. The van der Waals surface area contributed by atoms with E-state index in [4.69, 9.17) is 23.8 Å². The molecule has 3 rings (SSSR count). The summed E-state index contributed by atoms with van der Waals surface area (Å²) in [6.07, 6.45) is -0.786. The van der Waals surface area contributed by atoms with Crippen LogP contribution < -0.4 is 15.5 Å². The maximum absolute atomic E-state index is 13.0. The largest absolute Gasteiger partial charge is 0.417 e. The van der Waals surface area contributed by atoms with Gasteiger partial charge in [-0.2, -0.15) is 13.2 Å². The van der Waals surface area contributed by atoms with E-state index in [2.05, 4.69) is 27.7 Å². The minimum Gasteiger partial charge on any atom is -0.372 e. The number of nitrogens with one attached hydrogen (secondary N) is 2. The van der Waals surface area contributed by atoms with Gasteiger partial charge in [-0.15, -0.1) is 0 Å². The van der Waals surface area contributed by atoms with Crippen LogP contribution >= 0.6 is 23.8 Å². The summed E-state index contributed by atoms with van der Waals surface area (Å²) in [4.78, 5) is 2.39. The lowest BCUT2D eigenvalue weighted by Gasteiger charge is -2.29. The highest BCUT2D eigenvalue weighted by molar-refractivity contribution is 7.80. The zero-order valence-corrected chi connectivity index (χ0v) is 17.6. The molecule has 1 saturated heterocycles. The first-order valence-electron chi connectivity index (χ1n) is 9.53. The number of alkyl halides is 3. The molecule has 0 aliphatic carbocycles. The Balaban J connectivity index is 1.60. The van der Waals surface area contributed by atoms with Crippen LogP contribution in [0.15, 0.2) is 42.5 Å². The van der Waals surface area contributed by atoms with Crippen molar-refractivity contribution in [1.82, 2.24) is 5.32 Å². The zero-order valence-electron chi connectivity index (χ0n) is 16.0. The van der Waals surface area contributed by atoms with E-state index >= 15 is 0 Å². The summed E-state index contributed by atoms with van der Waals surface area (Å²) in [6, 6.07) is 11.8. The minimum atomic E-state index is -4.52. The third-order valence-corrected chi connectivity index (χ3v) is 5.54. The van der Waals surface area contributed by atoms with Gasteiger partial charge in [-0.25, -0.2) is 0 Å². The first kappa shape index (κ1) is 21.7. The van der Waals surface area contributed by atoms with Crippen LogP contribution in [-0.2, 0) is 6.18 Å². The van der Waals surface area contributed by atoms with Gasteiger partial charge in [0.2, 0.25) is 0 Å². The van der Waals surface area contributed by atoms with E-state index in [-0.39, 0.29) is 21.9 Å². The van der Waals surface area contributed by atoms with Crippen LogP contribution in [0.4, 0.5) is 24.5 Å². The SMILES string of the molecule is C[C@H](NC(=S)Nc1ccc(Cl)c(C(F)(F)F)c1)c1ccc(N2CCCCC2)cc1. The summed E-state index contributed by atoms with van der Waals surface area (Å²) in [5.41, 5.74) is 1.59. The second kappa shape index (κ2) is 9.22. The molecule has 0 bridgehead atoms. The van der Waals surface area contributed by atoms with Crippen molar-refractivity contribution >= 4 is 40.3 Å². The predicted molar refractivity (Wildman–Crippen MR) is 117 cm³/mol. The Kier molecular flexibility index (Phi) is 6.90. The fraction of sp³-hybridized carbons (Fsp3) is 0.381. The molecule has 0 unspecified atom stereocenters. The quantitative estimate of drug-likeness (QED) is 0.537. The van der Waals surface area contributed by atoms with Crippen LogP contribution in [0.3, 0.4) is 0 Å². The lowest BCUT2D eigenvalue weighted by atomic mass is 10.1. The van der Waals surface area contributed by atoms with Crippen molar-refractivity contribution in [2.45, 2.75) is 38.4 Å². The molecule has 0 radical (unpaired) electrons. The van der Waals surface area contributed by atoms with E-state index < -0.39 is 11.7 Å². The maximum Gasteiger partial charge on any atom is 0.417 e. The predicted octanol–water partition coefficient (Wildman–Crippen LogP) is 6.40. The van der Waals surface area contributed by atoms with Crippen LogP contribution in [0.1, 0.15) is 43.4 Å². The average Bonchev–Trinajstić information content (AvgIpc) is 2.69. The Bertz CT molecular complexity index is 849.